The lowest BCUT2D eigenvalue weighted by Gasteiger charge is -2.32. The molecule has 3 aliphatic rings. The Balaban J connectivity index is 1.51. The molecule has 1 saturated carbocycles. The molecule has 0 spiro atoms. The van der Waals surface area contributed by atoms with Crippen molar-refractivity contribution in [3.8, 4) is 0 Å². The lowest BCUT2D eigenvalue weighted by molar-refractivity contribution is 0.131. The van der Waals surface area contributed by atoms with Crippen LogP contribution in [0.1, 0.15) is 85.0 Å². The molecule has 0 unspecified atom stereocenters. The molecule has 4 nitrogen and oxygen atoms in total. The quantitative estimate of drug-likeness (QED) is 0.338. The molecular weight excluding hydrogens is 396 g/mol. The number of allylic oxidation sites excluding steroid dienone is 10. The van der Waals surface area contributed by atoms with Crippen molar-refractivity contribution in [3.63, 3.8) is 0 Å². The summed E-state index contributed by atoms with van der Waals surface area (Å²) in [4.78, 5) is 14.4. The third-order valence-electron chi connectivity index (χ3n) is 6.67. The van der Waals surface area contributed by atoms with Crippen LogP contribution in [0.3, 0.4) is 0 Å². The van der Waals surface area contributed by atoms with Crippen molar-refractivity contribution in [2.75, 3.05) is 13.2 Å². The summed E-state index contributed by atoms with van der Waals surface area (Å²) in [5, 5.41) is 3.00. The summed E-state index contributed by atoms with van der Waals surface area (Å²) in [5.41, 5.74) is 4.00. The minimum absolute atomic E-state index is 0.0216. The Morgan fingerprint density at radius 3 is 2.72 bits per heavy atom. The molecule has 0 aromatic carbocycles. The van der Waals surface area contributed by atoms with Crippen molar-refractivity contribution >= 4 is 6.03 Å². The first-order valence-corrected chi connectivity index (χ1v) is 12.7. The Labute approximate surface area is 195 Å². The molecule has 1 heterocycles. The second kappa shape index (κ2) is 12.7. The van der Waals surface area contributed by atoms with E-state index in [0.29, 0.717) is 13.2 Å². The second-order valence-electron chi connectivity index (χ2n) is 9.60. The van der Waals surface area contributed by atoms with E-state index < -0.39 is 0 Å². The normalized spacial score (nSPS) is 20.7. The maximum absolute atomic E-state index is 12.5. The lowest BCUT2D eigenvalue weighted by atomic mass is 9.89. The van der Waals surface area contributed by atoms with Gasteiger partial charge in [0.1, 0.15) is 12.4 Å². The number of amides is 2. The van der Waals surface area contributed by atoms with Crippen molar-refractivity contribution in [1.29, 1.82) is 0 Å². The number of urea groups is 1. The van der Waals surface area contributed by atoms with Crippen LogP contribution in [0.4, 0.5) is 4.79 Å². The number of hydrogen-bond acceptors (Lipinski definition) is 2. The van der Waals surface area contributed by atoms with Gasteiger partial charge in [-0.1, -0.05) is 67.7 Å². The average Bonchev–Trinajstić information content (AvgIpc) is 3.17. The van der Waals surface area contributed by atoms with Crippen LogP contribution in [0.5, 0.6) is 0 Å². The topological polar surface area (TPSA) is 41.6 Å². The highest BCUT2D eigenvalue weighted by Crippen LogP contribution is 2.32. The zero-order chi connectivity index (χ0) is 22.8. The fourth-order valence-electron chi connectivity index (χ4n) is 4.89. The van der Waals surface area contributed by atoms with E-state index in [1.165, 1.54) is 44.1 Å². The number of nitrogens with one attached hydrogen (secondary N) is 1. The summed E-state index contributed by atoms with van der Waals surface area (Å²) in [6.45, 7) is 7.12. The molecule has 2 amide bonds. The minimum atomic E-state index is -0.0216. The van der Waals surface area contributed by atoms with E-state index in [1.54, 1.807) is 5.57 Å². The molecule has 0 aromatic heterocycles. The maximum atomic E-state index is 12.5. The van der Waals surface area contributed by atoms with Crippen LogP contribution in [-0.4, -0.2) is 30.1 Å². The molecule has 0 aromatic rings. The first-order valence-electron chi connectivity index (χ1n) is 12.7. The largest absolute Gasteiger partial charge is 0.495 e. The number of carbonyl (C=O) groups is 1. The number of ether oxygens (including phenoxy) is 1. The van der Waals surface area contributed by atoms with Crippen LogP contribution in [0.15, 0.2) is 59.1 Å². The van der Waals surface area contributed by atoms with E-state index in [2.05, 4.69) is 41.8 Å². The van der Waals surface area contributed by atoms with E-state index in [0.717, 1.165) is 43.1 Å². The fraction of sp³-hybridized carbons (Fsp3) is 0.607. The standard InChI is InChI=1S/C28H42N2O2/c1-22(2)29-28(31)30-20-21-32-23(3)27(30)17-10-6-7-12-24-13-11-16-26(19-18-24)25-14-8-4-5-9-15-25/h6-7,11,13,18-19,22,25H,4-5,8-10,12,14-17,20-21H2,1-3H3,(H,29,31)/b7-6-. The number of carbonyl (C=O) groups excluding carboxylic acids is 1. The van der Waals surface area contributed by atoms with Gasteiger partial charge in [0.05, 0.1) is 12.2 Å². The Kier molecular flexibility index (Phi) is 9.70. The predicted octanol–water partition coefficient (Wildman–Crippen LogP) is 7.18. The van der Waals surface area contributed by atoms with Crippen molar-refractivity contribution in [2.24, 2.45) is 5.92 Å². The number of hydrogen-bond donors (Lipinski definition) is 1. The van der Waals surface area contributed by atoms with Gasteiger partial charge in [0.2, 0.25) is 0 Å². The van der Waals surface area contributed by atoms with Gasteiger partial charge in [-0.05, 0) is 70.8 Å². The Hall–Kier alpha value is -2.23. The second-order valence-corrected chi connectivity index (χ2v) is 9.60. The van der Waals surface area contributed by atoms with Crippen molar-refractivity contribution in [1.82, 2.24) is 10.2 Å². The van der Waals surface area contributed by atoms with Gasteiger partial charge in [-0.2, -0.15) is 0 Å². The highest BCUT2D eigenvalue weighted by molar-refractivity contribution is 5.76. The van der Waals surface area contributed by atoms with Crippen LogP contribution < -0.4 is 5.32 Å². The molecule has 1 fully saturated rings. The molecule has 4 heteroatoms. The number of nitrogens with zero attached hydrogens (tertiary/aromatic N) is 1. The minimum Gasteiger partial charge on any atom is -0.495 e. The van der Waals surface area contributed by atoms with Gasteiger partial charge in [0.25, 0.3) is 0 Å². The summed E-state index contributed by atoms with van der Waals surface area (Å²) in [6.07, 6.45) is 26.0. The predicted molar refractivity (Wildman–Crippen MR) is 133 cm³/mol. The van der Waals surface area contributed by atoms with Gasteiger partial charge in [-0.25, -0.2) is 4.79 Å². The molecule has 1 N–H and O–H groups in total. The van der Waals surface area contributed by atoms with E-state index in [-0.39, 0.29) is 12.1 Å². The van der Waals surface area contributed by atoms with Gasteiger partial charge < -0.3 is 10.1 Å². The summed E-state index contributed by atoms with van der Waals surface area (Å²) < 4.78 is 5.72. The first kappa shape index (κ1) is 24.4. The van der Waals surface area contributed by atoms with Crippen molar-refractivity contribution < 1.29 is 9.53 Å². The van der Waals surface area contributed by atoms with Crippen LogP contribution in [0.2, 0.25) is 0 Å². The van der Waals surface area contributed by atoms with Gasteiger partial charge in [-0.3, -0.25) is 4.90 Å². The zero-order valence-corrected chi connectivity index (χ0v) is 20.4. The molecule has 176 valence electrons. The zero-order valence-electron chi connectivity index (χ0n) is 20.4. The van der Waals surface area contributed by atoms with E-state index in [1.807, 2.05) is 25.7 Å². The van der Waals surface area contributed by atoms with Gasteiger partial charge in [-0.15, -0.1) is 0 Å². The highest BCUT2D eigenvalue weighted by atomic mass is 16.5. The maximum Gasteiger partial charge on any atom is 0.322 e. The first-order chi connectivity index (χ1) is 15.5. The molecule has 0 atom stereocenters. The van der Waals surface area contributed by atoms with Crippen LogP contribution >= 0.6 is 0 Å². The average molecular weight is 439 g/mol. The van der Waals surface area contributed by atoms with Crippen molar-refractivity contribution in [2.45, 2.75) is 91.0 Å². The molecule has 32 heavy (non-hydrogen) atoms. The van der Waals surface area contributed by atoms with Crippen LogP contribution in [0, 0.1) is 5.92 Å². The summed E-state index contributed by atoms with van der Waals surface area (Å²) in [5.74, 6) is 1.66. The Morgan fingerprint density at radius 2 is 1.97 bits per heavy atom. The fourth-order valence-corrected chi connectivity index (χ4v) is 4.89. The van der Waals surface area contributed by atoms with E-state index >= 15 is 0 Å². The van der Waals surface area contributed by atoms with E-state index in [4.69, 9.17) is 4.74 Å². The van der Waals surface area contributed by atoms with Gasteiger partial charge >= 0.3 is 6.03 Å². The SMILES string of the molecule is CC1=C(CC/C=C\CC2=CC=C(C3CCCCCC3)CC=C2)N(C(=O)NC(C)C)CCO1. The molecule has 0 saturated heterocycles. The molecule has 3 rings (SSSR count). The van der Waals surface area contributed by atoms with E-state index in [9.17, 15) is 4.79 Å². The molecule has 0 radical (unpaired) electrons. The molecule has 0 bridgehead atoms. The Bertz CT molecular complexity index is 777. The van der Waals surface area contributed by atoms with Gasteiger partial charge in [0, 0.05) is 6.04 Å². The van der Waals surface area contributed by atoms with Crippen LogP contribution in [0.25, 0.3) is 0 Å². The monoisotopic (exact) mass is 438 g/mol. The van der Waals surface area contributed by atoms with Crippen molar-refractivity contribution in [3.05, 3.63) is 59.1 Å². The third kappa shape index (κ3) is 7.43. The van der Waals surface area contributed by atoms with Gasteiger partial charge in [0.15, 0.2) is 0 Å². The Morgan fingerprint density at radius 1 is 1.19 bits per heavy atom. The summed E-state index contributed by atoms with van der Waals surface area (Å²) >= 11 is 0. The third-order valence-corrected chi connectivity index (χ3v) is 6.67. The highest BCUT2D eigenvalue weighted by Gasteiger charge is 2.24. The number of rotatable bonds is 7. The summed E-state index contributed by atoms with van der Waals surface area (Å²) in [6, 6.07) is 0.108. The molecular formula is C28H42N2O2. The lowest BCUT2D eigenvalue weighted by Crippen LogP contribution is -2.45. The smallest absolute Gasteiger partial charge is 0.322 e. The molecule has 2 aliphatic carbocycles. The van der Waals surface area contributed by atoms with Crippen LogP contribution in [-0.2, 0) is 4.74 Å². The molecule has 1 aliphatic heterocycles. The summed E-state index contributed by atoms with van der Waals surface area (Å²) in [7, 11) is 0.